The predicted octanol–water partition coefficient (Wildman–Crippen LogP) is 1.80. The highest BCUT2D eigenvalue weighted by Gasteiger charge is 2.07. The molecule has 5 heteroatoms. The molecule has 0 fully saturated rings. The zero-order valence-electron chi connectivity index (χ0n) is 7.88. The lowest BCUT2D eigenvalue weighted by Crippen LogP contribution is -2.05. The van der Waals surface area contributed by atoms with Gasteiger partial charge < -0.3 is 5.73 Å². The Labute approximate surface area is 87.6 Å². The van der Waals surface area contributed by atoms with E-state index in [1.165, 1.54) is 0 Å². The van der Waals surface area contributed by atoms with Crippen molar-refractivity contribution in [1.29, 1.82) is 0 Å². The van der Waals surface area contributed by atoms with Gasteiger partial charge in [-0.1, -0.05) is 11.6 Å². The number of halogens is 1. The quantitative estimate of drug-likeness (QED) is 0.786. The smallest absolute Gasteiger partial charge is 0.0867 e. The molecule has 0 atom stereocenters. The molecule has 1 aromatic heterocycles. The van der Waals surface area contributed by atoms with Crippen LogP contribution in [0.25, 0.3) is 0 Å². The molecule has 0 radical (unpaired) electrons. The largest absolute Gasteiger partial charge is 0.330 e. The van der Waals surface area contributed by atoms with E-state index in [0.717, 1.165) is 28.0 Å². The fourth-order valence-corrected chi connectivity index (χ4v) is 1.89. The van der Waals surface area contributed by atoms with Gasteiger partial charge in [-0.15, -0.1) is 11.8 Å². The molecule has 74 valence electrons. The number of hydrogen-bond donors (Lipinski definition) is 1. The maximum atomic E-state index is 5.99. The van der Waals surface area contributed by atoms with Gasteiger partial charge in [-0.3, -0.25) is 4.68 Å². The SMILES string of the molecule is Cc1nn(CSCCN)c(C)c1Cl. The third kappa shape index (κ3) is 2.62. The second kappa shape index (κ2) is 4.88. The van der Waals surface area contributed by atoms with E-state index in [4.69, 9.17) is 17.3 Å². The van der Waals surface area contributed by atoms with Crippen molar-refractivity contribution >= 4 is 23.4 Å². The van der Waals surface area contributed by atoms with Crippen molar-refractivity contribution in [2.45, 2.75) is 19.7 Å². The number of rotatable bonds is 4. The standard InChI is InChI=1S/C8H14ClN3S/c1-6-8(9)7(2)12(11-6)5-13-4-3-10/h3-5,10H2,1-2H3. The van der Waals surface area contributed by atoms with E-state index in [0.29, 0.717) is 6.54 Å². The van der Waals surface area contributed by atoms with Crippen LogP contribution in [0.5, 0.6) is 0 Å². The third-order valence-electron chi connectivity index (χ3n) is 1.77. The number of nitrogens with zero attached hydrogens (tertiary/aromatic N) is 2. The summed E-state index contributed by atoms with van der Waals surface area (Å²) in [6.45, 7) is 4.60. The lowest BCUT2D eigenvalue weighted by molar-refractivity contribution is 0.716. The summed E-state index contributed by atoms with van der Waals surface area (Å²) in [5, 5.41) is 5.08. The van der Waals surface area contributed by atoms with E-state index in [-0.39, 0.29) is 0 Å². The summed E-state index contributed by atoms with van der Waals surface area (Å²) in [6, 6.07) is 0. The molecule has 0 aliphatic rings. The Morgan fingerprint density at radius 3 is 2.69 bits per heavy atom. The van der Waals surface area contributed by atoms with Crippen LogP contribution < -0.4 is 5.73 Å². The topological polar surface area (TPSA) is 43.8 Å². The van der Waals surface area contributed by atoms with Crippen molar-refractivity contribution in [3.05, 3.63) is 16.4 Å². The van der Waals surface area contributed by atoms with E-state index < -0.39 is 0 Å². The molecular formula is C8H14ClN3S. The maximum absolute atomic E-state index is 5.99. The van der Waals surface area contributed by atoms with E-state index in [9.17, 15) is 0 Å². The van der Waals surface area contributed by atoms with Gasteiger partial charge in [0, 0.05) is 12.3 Å². The van der Waals surface area contributed by atoms with Crippen molar-refractivity contribution in [3.8, 4) is 0 Å². The molecule has 0 saturated heterocycles. The molecule has 0 saturated carbocycles. The zero-order chi connectivity index (χ0) is 9.84. The van der Waals surface area contributed by atoms with Gasteiger partial charge in [0.2, 0.25) is 0 Å². The van der Waals surface area contributed by atoms with Crippen LogP contribution in [0.3, 0.4) is 0 Å². The minimum atomic E-state index is 0.706. The molecule has 0 aromatic carbocycles. The monoisotopic (exact) mass is 219 g/mol. The van der Waals surface area contributed by atoms with Gasteiger partial charge in [-0.05, 0) is 13.8 Å². The van der Waals surface area contributed by atoms with Crippen LogP contribution in [-0.2, 0) is 5.88 Å². The Hall–Kier alpha value is -0.190. The summed E-state index contributed by atoms with van der Waals surface area (Å²) in [5.74, 6) is 1.78. The van der Waals surface area contributed by atoms with Crippen molar-refractivity contribution in [1.82, 2.24) is 9.78 Å². The Bertz CT molecular complexity index is 285. The van der Waals surface area contributed by atoms with Crippen molar-refractivity contribution < 1.29 is 0 Å². The number of aromatic nitrogens is 2. The van der Waals surface area contributed by atoms with Gasteiger partial charge in [-0.25, -0.2) is 0 Å². The molecule has 0 unspecified atom stereocenters. The van der Waals surface area contributed by atoms with E-state index in [1.54, 1.807) is 11.8 Å². The maximum Gasteiger partial charge on any atom is 0.0867 e. The average Bonchev–Trinajstić information content (AvgIpc) is 2.34. The van der Waals surface area contributed by atoms with Gasteiger partial charge in [0.05, 0.1) is 22.3 Å². The molecule has 0 aliphatic carbocycles. The molecule has 0 bridgehead atoms. The Morgan fingerprint density at radius 2 is 2.23 bits per heavy atom. The first kappa shape index (κ1) is 10.9. The summed E-state index contributed by atoms with van der Waals surface area (Å²) in [7, 11) is 0. The lowest BCUT2D eigenvalue weighted by Gasteiger charge is -2.02. The fraction of sp³-hybridized carbons (Fsp3) is 0.625. The van der Waals surface area contributed by atoms with Crippen molar-refractivity contribution in [3.63, 3.8) is 0 Å². The van der Waals surface area contributed by atoms with Gasteiger partial charge in [0.15, 0.2) is 0 Å². The Morgan fingerprint density at radius 1 is 1.54 bits per heavy atom. The van der Waals surface area contributed by atoms with Gasteiger partial charge in [0.1, 0.15) is 0 Å². The predicted molar refractivity (Wildman–Crippen MR) is 58.2 cm³/mol. The molecule has 0 aliphatic heterocycles. The van der Waals surface area contributed by atoms with Crippen LogP contribution in [-0.4, -0.2) is 22.1 Å². The second-order valence-corrected chi connectivity index (χ2v) is 4.26. The Balaban J connectivity index is 2.61. The summed E-state index contributed by atoms with van der Waals surface area (Å²) < 4.78 is 1.91. The fourth-order valence-electron chi connectivity index (χ4n) is 1.04. The number of aryl methyl sites for hydroxylation is 1. The summed E-state index contributed by atoms with van der Waals surface area (Å²) in [4.78, 5) is 0. The minimum Gasteiger partial charge on any atom is -0.330 e. The lowest BCUT2D eigenvalue weighted by atomic mass is 10.4. The average molecular weight is 220 g/mol. The number of nitrogens with two attached hydrogens (primary N) is 1. The summed E-state index contributed by atoms with van der Waals surface area (Å²) in [5.41, 5.74) is 7.32. The molecule has 3 nitrogen and oxygen atoms in total. The van der Waals surface area contributed by atoms with Gasteiger partial charge in [-0.2, -0.15) is 5.10 Å². The Kier molecular flexibility index (Phi) is 4.09. The van der Waals surface area contributed by atoms with Crippen LogP contribution in [0, 0.1) is 13.8 Å². The van der Waals surface area contributed by atoms with E-state index in [2.05, 4.69) is 5.10 Å². The van der Waals surface area contributed by atoms with Crippen LogP contribution in [0.1, 0.15) is 11.4 Å². The first-order valence-corrected chi connectivity index (χ1v) is 5.67. The van der Waals surface area contributed by atoms with E-state index in [1.807, 2.05) is 18.5 Å². The molecule has 0 amide bonds. The highest BCUT2D eigenvalue weighted by molar-refractivity contribution is 7.98. The molecule has 1 heterocycles. The number of hydrogen-bond acceptors (Lipinski definition) is 3. The molecule has 2 N–H and O–H groups in total. The third-order valence-corrected chi connectivity index (χ3v) is 3.27. The van der Waals surface area contributed by atoms with Crippen molar-refractivity contribution in [2.75, 3.05) is 12.3 Å². The molecule has 1 rings (SSSR count). The molecule has 1 aromatic rings. The van der Waals surface area contributed by atoms with Crippen molar-refractivity contribution in [2.24, 2.45) is 5.73 Å². The van der Waals surface area contributed by atoms with Crippen LogP contribution in [0.4, 0.5) is 0 Å². The van der Waals surface area contributed by atoms with Crippen LogP contribution in [0.15, 0.2) is 0 Å². The minimum absolute atomic E-state index is 0.706. The highest BCUT2D eigenvalue weighted by Crippen LogP contribution is 2.20. The zero-order valence-corrected chi connectivity index (χ0v) is 9.45. The normalized spacial score (nSPS) is 10.8. The first-order valence-electron chi connectivity index (χ1n) is 4.14. The summed E-state index contributed by atoms with van der Waals surface area (Å²) in [6.07, 6.45) is 0. The first-order chi connectivity index (χ1) is 6.16. The van der Waals surface area contributed by atoms with Crippen LogP contribution in [0.2, 0.25) is 5.02 Å². The molecular weight excluding hydrogens is 206 g/mol. The highest BCUT2D eigenvalue weighted by atomic mass is 35.5. The van der Waals surface area contributed by atoms with Gasteiger partial charge >= 0.3 is 0 Å². The number of thioether (sulfide) groups is 1. The molecule has 13 heavy (non-hydrogen) atoms. The van der Waals surface area contributed by atoms with E-state index >= 15 is 0 Å². The van der Waals surface area contributed by atoms with Gasteiger partial charge in [0.25, 0.3) is 0 Å². The molecule has 0 spiro atoms. The van der Waals surface area contributed by atoms with Crippen LogP contribution >= 0.6 is 23.4 Å². The summed E-state index contributed by atoms with van der Waals surface area (Å²) >= 11 is 7.75. The second-order valence-electron chi connectivity index (χ2n) is 2.81.